The number of pyridine rings is 1. The van der Waals surface area contributed by atoms with Crippen LogP contribution in [0.5, 0.6) is 0 Å². The summed E-state index contributed by atoms with van der Waals surface area (Å²) in [6, 6.07) is 13.4. The van der Waals surface area contributed by atoms with Crippen LogP contribution in [0.1, 0.15) is 141 Å². The first-order chi connectivity index (χ1) is 19.8. The molecule has 1 aliphatic heterocycles. The van der Waals surface area contributed by atoms with Crippen molar-refractivity contribution in [1.82, 2.24) is 4.98 Å². The van der Waals surface area contributed by atoms with Crippen LogP contribution in [0.25, 0.3) is 11.3 Å². The molecular formula is C37H59NO2. The number of benzene rings is 1. The summed E-state index contributed by atoms with van der Waals surface area (Å²) in [4.78, 5) is 4.75. The van der Waals surface area contributed by atoms with Gasteiger partial charge in [0.15, 0.2) is 6.29 Å². The summed E-state index contributed by atoms with van der Waals surface area (Å²) >= 11 is 0. The molecule has 0 spiro atoms. The van der Waals surface area contributed by atoms with Gasteiger partial charge in [-0.3, -0.25) is 4.98 Å². The first-order valence-electron chi connectivity index (χ1n) is 17.1. The molecule has 0 unspecified atom stereocenters. The van der Waals surface area contributed by atoms with Crippen LogP contribution in [0, 0.1) is 5.92 Å². The second-order valence-corrected chi connectivity index (χ2v) is 12.2. The highest BCUT2D eigenvalue weighted by molar-refractivity contribution is 5.59. The number of aryl methyl sites for hydroxylation is 2. The normalized spacial score (nSPS) is 17.4. The molecule has 224 valence electrons. The van der Waals surface area contributed by atoms with Gasteiger partial charge in [-0.05, 0) is 42.9 Å². The summed E-state index contributed by atoms with van der Waals surface area (Å²) in [5.41, 5.74) is 4.94. The third-order valence-corrected chi connectivity index (χ3v) is 8.56. The standard InChI is InChI=1S/C37H59NO2/c1-3-5-7-9-11-12-13-14-16-18-20-34-30-39-37(40-31-34)28-24-33-23-27-36(38-29-33)35-25-21-32(22-26-35)19-17-15-10-8-6-4-2/h21-23,25-27,29,34,37H,3-20,24,28,30-31H2,1-2H3. The molecule has 3 heteroatoms. The van der Waals surface area contributed by atoms with Crippen molar-refractivity contribution in [3.8, 4) is 11.3 Å². The molecule has 2 heterocycles. The Morgan fingerprint density at radius 1 is 0.575 bits per heavy atom. The molecule has 1 aromatic heterocycles. The van der Waals surface area contributed by atoms with E-state index in [9.17, 15) is 0 Å². The van der Waals surface area contributed by atoms with E-state index in [4.69, 9.17) is 14.5 Å². The van der Waals surface area contributed by atoms with Crippen LogP contribution in [-0.2, 0) is 22.3 Å². The molecule has 0 bridgehead atoms. The van der Waals surface area contributed by atoms with Crippen LogP contribution in [-0.4, -0.2) is 24.5 Å². The van der Waals surface area contributed by atoms with Crippen LogP contribution in [0.3, 0.4) is 0 Å². The maximum absolute atomic E-state index is 6.07. The lowest BCUT2D eigenvalue weighted by Gasteiger charge is -2.29. The first kappa shape index (κ1) is 32.8. The van der Waals surface area contributed by atoms with Crippen molar-refractivity contribution in [2.45, 2.75) is 149 Å². The first-order valence-corrected chi connectivity index (χ1v) is 17.1. The van der Waals surface area contributed by atoms with E-state index < -0.39 is 0 Å². The molecule has 0 radical (unpaired) electrons. The minimum absolute atomic E-state index is 0.0668. The molecule has 1 aromatic carbocycles. The molecule has 3 rings (SSSR count). The summed E-state index contributed by atoms with van der Waals surface area (Å²) in [5.74, 6) is 0.573. The van der Waals surface area contributed by atoms with Crippen molar-refractivity contribution in [3.05, 3.63) is 53.7 Å². The predicted molar refractivity (Wildman–Crippen MR) is 171 cm³/mol. The van der Waals surface area contributed by atoms with E-state index in [0.717, 1.165) is 31.7 Å². The van der Waals surface area contributed by atoms with Crippen LogP contribution < -0.4 is 0 Å². The predicted octanol–water partition coefficient (Wildman–Crippen LogP) is 10.9. The Morgan fingerprint density at radius 2 is 1.12 bits per heavy atom. The summed E-state index contributed by atoms with van der Waals surface area (Å²) in [7, 11) is 0. The Morgan fingerprint density at radius 3 is 1.70 bits per heavy atom. The molecule has 0 atom stereocenters. The molecule has 3 nitrogen and oxygen atoms in total. The van der Waals surface area contributed by atoms with Crippen LogP contribution >= 0.6 is 0 Å². The third kappa shape index (κ3) is 13.8. The molecule has 0 amide bonds. The largest absolute Gasteiger partial charge is 0.352 e. The Labute approximate surface area is 246 Å². The zero-order chi connectivity index (χ0) is 28.1. The topological polar surface area (TPSA) is 31.4 Å². The number of ether oxygens (including phenoxy) is 2. The smallest absolute Gasteiger partial charge is 0.157 e. The van der Waals surface area contributed by atoms with Crippen LogP contribution in [0.2, 0.25) is 0 Å². The van der Waals surface area contributed by atoms with Crippen molar-refractivity contribution >= 4 is 0 Å². The van der Waals surface area contributed by atoms with E-state index >= 15 is 0 Å². The number of hydrogen-bond acceptors (Lipinski definition) is 3. The van der Waals surface area contributed by atoms with E-state index in [-0.39, 0.29) is 6.29 Å². The van der Waals surface area contributed by atoms with E-state index in [2.05, 4.69) is 50.2 Å². The number of rotatable bonds is 22. The summed E-state index contributed by atoms with van der Waals surface area (Å²) in [5, 5.41) is 0. The van der Waals surface area contributed by atoms with E-state index in [1.165, 1.54) is 132 Å². The van der Waals surface area contributed by atoms with Gasteiger partial charge < -0.3 is 9.47 Å². The van der Waals surface area contributed by atoms with Gasteiger partial charge >= 0.3 is 0 Å². The molecule has 0 aliphatic carbocycles. The van der Waals surface area contributed by atoms with E-state index in [1.54, 1.807) is 0 Å². The summed E-state index contributed by atoms with van der Waals surface area (Å²) < 4.78 is 12.1. The summed E-state index contributed by atoms with van der Waals surface area (Å²) in [6.07, 6.45) is 28.3. The highest BCUT2D eigenvalue weighted by Crippen LogP contribution is 2.23. The molecule has 1 fully saturated rings. The molecule has 40 heavy (non-hydrogen) atoms. The van der Waals surface area contributed by atoms with Crippen LogP contribution in [0.4, 0.5) is 0 Å². The number of aromatic nitrogens is 1. The van der Waals surface area contributed by atoms with Gasteiger partial charge in [-0.2, -0.15) is 0 Å². The molecule has 1 aliphatic rings. The third-order valence-electron chi connectivity index (χ3n) is 8.56. The molecule has 0 N–H and O–H groups in total. The van der Waals surface area contributed by atoms with E-state index in [1.807, 2.05) is 6.20 Å². The van der Waals surface area contributed by atoms with Crippen molar-refractivity contribution in [2.24, 2.45) is 5.92 Å². The zero-order valence-corrected chi connectivity index (χ0v) is 26.0. The van der Waals surface area contributed by atoms with Crippen molar-refractivity contribution in [3.63, 3.8) is 0 Å². The number of unbranched alkanes of at least 4 members (excludes halogenated alkanes) is 14. The quantitative estimate of drug-likeness (QED) is 0.137. The highest BCUT2D eigenvalue weighted by atomic mass is 16.7. The van der Waals surface area contributed by atoms with Crippen molar-refractivity contribution < 1.29 is 9.47 Å². The number of nitrogens with zero attached hydrogens (tertiary/aromatic N) is 1. The monoisotopic (exact) mass is 549 g/mol. The van der Waals surface area contributed by atoms with Gasteiger partial charge in [0.1, 0.15) is 0 Å². The van der Waals surface area contributed by atoms with E-state index in [0.29, 0.717) is 5.92 Å². The SMILES string of the molecule is CCCCCCCCCCCCC1COC(CCc2ccc(-c3ccc(CCCCCCCC)cc3)nc2)OC1. The maximum atomic E-state index is 6.07. The summed E-state index contributed by atoms with van der Waals surface area (Å²) in [6.45, 7) is 6.28. The van der Waals surface area contributed by atoms with Gasteiger partial charge in [-0.25, -0.2) is 0 Å². The fourth-order valence-electron chi connectivity index (χ4n) is 5.82. The lowest BCUT2D eigenvalue weighted by molar-refractivity contribution is -0.203. The molecule has 0 saturated carbocycles. The Hall–Kier alpha value is -1.71. The highest BCUT2D eigenvalue weighted by Gasteiger charge is 2.21. The second-order valence-electron chi connectivity index (χ2n) is 12.2. The molecular weight excluding hydrogens is 490 g/mol. The minimum Gasteiger partial charge on any atom is -0.352 e. The Kier molecular flexibility index (Phi) is 17.3. The average Bonchev–Trinajstić information content (AvgIpc) is 3.00. The Bertz CT molecular complexity index is 855. The minimum atomic E-state index is -0.0668. The van der Waals surface area contributed by atoms with Gasteiger partial charge in [0, 0.05) is 24.1 Å². The van der Waals surface area contributed by atoms with Crippen molar-refractivity contribution in [2.75, 3.05) is 13.2 Å². The van der Waals surface area contributed by atoms with Crippen molar-refractivity contribution in [1.29, 1.82) is 0 Å². The lowest BCUT2D eigenvalue weighted by atomic mass is 10.0. The molecule has 2 aromatic rings. The van der Waals surface area contributed by atoms with Gasteiger partial charge in [0.25, 0.3) is 0 Å². The maximum Gasteiger partial charge on any atom is 0.157 e. The fourth-order valence-corrected chi connectivity index (χ4v) is 5.82. The number of hydrogen-bond donors (Lipinski definition) is 0. The fraction of sp³-hybridized carbons (Fsp3) is 0.703. The Balaban J connectivity index is 1.23. The van der Waals surface area contributed by atoms with Gasteiger partial charge in [-0.1, -0.05) is 140 Å². The lowest BCUT2D eigenvalue weighted by Crippen LogP contribution is -2.32. The van der Waals surface area contributed by atoms with Gasteiger partial charge in [-0.15, -0.1) is 0 Å². The van der Waals surface area contributed by atoms with Crippen LogP contribution in [0.15, 0.2) is 42.6 Å². The van der Waals surface area contributed by atoms with Gasteiger partial charge in [0.2, 0.25) is 0 Å². The average molecular weight is 550 g/mol. The van der Waals surface area contributed by atoms with Gasteiger partial charge in [0.05, 0.1) is 18.9 Å². The zero-order valence-electron chi connectivity index (χ0n) is 26.0. The molecule has 1 saturated heterocycles. The second kappa shape index (κ2) is 21.1.